The fourth-order valence-corrected chi connectivity index (χ4v) is 5.38. The standard InChI is InChI=1S/C28H34O9/c1-17(29)32-16-25-21(34-18(2)30)12-11-20-23(36-25)14-24-27(37-20)28(33-15-19-8-4-3-5-9-19)26-22(35-24)10-6-7-13-31-26/h3-9,11-12,20-28H,10,13-16H2,1-2H3/t20-,21+,22+,23+,24-,25-,26+,27-,28-/m1/s1. The van der Waals surface area contributed by atoms with Crippen LogP contribution in [0.5, 0.6) is 0 Å². The molecule has 4 heterocycles. The molecule has 0 amide bonds. The summed E-state index contributed by atoms with van der Waals surface area (Å²) >= 11 is 0. The largest absolute Gasteiger partial charge is 0.463 e. The fraction of sp³-hybridized carbons (Fsp3) is 0.571. The van der Waals surface area contributed by atoms with Gasteiger partial charge in [-0.15, -0.1) is 0 Å². The van der Waals surface area contributed by atoms with E-state index in [4.69, 9.17) is 33.2 Å². The molecular formula is C28H34O9. The number of hydrogen-bond acceptors (Lipinski definition) is 9. The molecule has 9 atom stereocenters. The Labute approximate surface area is 216 Å². The molecule has 0 saturated carbocycles. The molecule has 0 bridgehead atoms. The van der Waals surface area contributed by atoms with Crippen LogP contribution in [0.4, 0.5) is 0 Å². The van der Waals surface area contributed by atoms with Crippen molar-refractivity contribution in [2.75, 3.05) is 13.2 Å². The van der Waals surface area contributed by atoms with Crippen molar-refractivity contribution in [1.29, 1.82) is 0 Å². The van der Waals surface area contributed by atoms with Gasteiger partial charge in [0, 0.05) is 20.3 Å². The molecule has 1 aromatic carbocycles. The molecule has 5 rings (SSSR count). The predicted molar refractivity (Wildman–Crippen MR) is 130 cm³/mol. The number of ether oxygens (including phenoxy) is 7. The Morgan fingerprint density at radius 3 is 2.54 bits per heavy atom. The number of benzene rings is 1. The molecule has 2 fully saturated rings. The third-order valence-corrected chi connectivity index (χ3v) is 7.04. The molecule has 0 aromatic heterocycles. The van der Waals surface area contributed by atoms with Crippen molar-refractivity contribution in [3.05, 3.63) is 60.2 Å². The SMILES string of the molecule is CC(=O)OC[C@H]1O[C@H]2C[C@H]3O[C@H]4CC=CCO[C@@H]4[C@@H](OCc4ccccc4)[C@@H]3O[C@@H]2C=C[C@@H]1OC(C)=O. The van der Waals surface area contributed by atoms with Gasteiger partial charge in [-0.1, -0.05) is 48.6 Å². The van der Waals surface area contributed by atoms with Crippen LogP contribution in [0.2, 0.25) is 0 Å². The highest BCUT2D eigenvalue weighted by atomic mass is 16.6. The highest BCUT2D eigenvalue weighted by molar-refractivity contribution is 5.66. The lowest BCUT2D eigenvalue weighted by atomic mass is 9.87. The molecule has 4 aliphatic rings. The van der Waals surface area contributed by atoms with Gasteiger partial charge in [0.1, 0.15) is 43.2 Å². The van der Waals surface area contributed by atoms with Crippen molar-refractivity contribution in [3.8, 4) is 0 Å². The second-order valence-electron chi connectivity index (χ2n) is 9.75. The topological polar surface area (TPSA) is 98.8 Å². The summed E-state index contributed by atoms with van der Waals surface area (Å²) in [5.74, 6) is -0.884. The van der Waals surface area contributed by atoms with Crippen molar-refractivity contribution in [2.45, 2.75) is 88.2 Å². The van der Waals surface area contributed by atoms with Crippen LogP contribution in [0, 0.1) is 0 Å². The second kappa shape index (κ2) is 11.9. The van der Waals surface area contributed by atoms with Crippen LogP contribution < -0.4 is 0 Å². The summed E-state index contributed by atoms with van der Waals surface area (Å²) in [4.78, 5) is 23.2. The first-order valence-corrected chi connectivity index (χ1v) is 12.9. The van der Waals surface area contributed by atoms with E-state index in [1.807, 2.05) is 42.5 Å². The van der Waals surface area contributed by atoms with Gasteiger partial charge in [0.25, 0.3) is 0 Å². The van der Waals surface area contributed by atoms with Crippen LogP contribution in [0.15, 0.2) is 54.6 Å². The van der Waals surface area contributed by atoms with Crippen LogP contribution in [0.25, 0.3) is 0 Å². The highest BCUT2D eigenvalue weighted by Gasteiger charge is 2.53. The Morgan fingerprint density at radius 2 is 1.76 bits per heavy atom. The average molecular weight is 515 g/mol. The van der Waals surface area contributed by atoms with E-state index in [1.54, 1.807) is 6.08 Å². The van der Waals surface area contributed by atoms with E-state index in [1.165, 1.54) is 13.8 Å². The summed E-state index contributed by atoms with van der Waals surface area (Å²) in [7, 11) is 0. The van der Waals surface area contributed by atoms with Crippen LogP contribution in [-0.4, -0.2) is 80.1 Å². The Kier molecular flexibility index (Phi) is 8.36. The smallest absolute Gasteiger partial charge is 0.303 e. The average Bonchev–Trinajstić information content (AvgIpc) is 3.21. The summed E-state index contributed by atoms with van der Waals surface area (Å²) in [6.45, 7) is 3.54. The summed E-state index contributed by atoms with van der Waals surface area (Å²) in [5.41, 5.74) is 1.07. The quantitative estimate of drug-likeness (QED) is 0.419. The lowest BCUT2D eigenvalue weighted by molar-refractivity contribution is -0.296. The second-order valence-corrected chi connectivity index (χ2v) is 9.75. The van der Waals surface area contributed by atoms with E-state index in [0.717, 1.165) is 12.0 Å². The number of hydrogen-bond donors (Lipinski definition) is 0. The summed E-state index contributed by atoms with van der Waals surface area (Å²) in [5, 5.41) is 0. The monoisotopic (exact) mass is 514 g/mol. The predicted octanol–water partition coefficient (Wildman–Crippen LogP) is 2.66. The van der Waals surface area contributed by atoms with Gasteiger partial charge in [0.15, 0.2) is 0 Å². The Morgan fingerprint density at radius 1 is 0.919 bits per heavy atom. The Hall–Kier alpha value is -2.56. The zero-order valence-corrected chi connectivity index (χ0v) is 21.1. The maximum absolute atomic E-state index is 11.7. The molecule has 4 aliphatic heterocycles. The molecule has 37 heavy (non-hydrogen) atoms. The van der Waals surface area contributed by atoms with Gasteiger partial charge < -0.3 is 33.2 Å². The third kappa shape index (κ3) is 6.30. The normalized spacial score (nSPS) is 36.8. The molecular weight excluding hydrogens is 480 g/mol. The van der Waals surface area contributed by atoms with Gasteiger partial charge in [0.05, 0.1) is 31.5 Å². The zero-order valence-electron chi connectivity index (χ0n) is 21.1. The number of rotatable bonds is 6. The molecule has 0 radical (unpaired) electrons. The van der Waals surface area contributed by atoms with E-state index in [2.05, 4.69) is 6.08 Å². The van der Waals surface area contributed by atoms with Crippen LogP contribution >= 0.6 is 0 Å². The number of fused-ring (bicyclic) bond motifs is 3. The van der Waals surface area contributed by atoms with Gasteiger partial charge >= 0.3 is 11.9 Å². The number of esters is 2. The van der Waals surface area contributed by atoms with Gasteiger partial charge in [-0.2, -0.15) is 0 Å². The molecule has 2 saturated heterocycles. The van der Waals surface area contributed by atoms with Crippen molar-refractivity contribution >= 4 is 11.9 Å². The van der Waals surface area contributed by atoms with E-state index in [9.17, 15) is 9.59 Å². The fourth-order valence-electron chi connectivity index (χ4n) is 5.38. The highest BCUT2D eigenvalue weighted by Crippen LogP contribution is 2.39. The van der Waals surface area contributed by atoms with E-state index < -0.39 is 30.3 Å². The van der Waals surface area contributed by atoms with Crippen molar-refractivity contribution < 1.29 is 42.7 Å². The van der Waals surface area contributed by atoms with Crippen molar-refractivity contribution in [2.24, 2.45) is 0 Å². The zero-order chi connectivity index (χ0) is 25.8. The van der Waals surface area contributed by atoms with Crippen LogP contribution in [-0.2, 0) is 49.4 Å². The maximum Gasteiger partial charge on any atom is 0.303 e. The molecule has 9 heteroatoms. The number of carbonyl (C=O) groups is 2. The minimum Gasteiger partial charge on any atom is -0.463 e. The third-order valence-electron chi connectivity index (χ3n) is 7.04. The first kappa shape index (κ1) is 26.1. The van der Waals surface area contributed by atoms with Gasteiger partial charge in [-0.3, -0.25) is 9.59 Å². The van der Waals surface area contributed by atoms with Gasteiger partial charge in [0.2, 0.25) is 0 Å². The summed E-state index contributed by atoms with van der Waals surface area (Å²) in [6.07, 6.45) is 5.31. The lowest BCUT2D eigenvalue weighted by Gasteiger charge is -2.50. The minimum absolute atomic E-state index is 0.0397. The molecule has 0 aliphatic carbocycles. The molecule has 0 unspecified atom stereocenters. The first-order valence-electron chi connectivity index (χ1n) is 12.9. The molecule has 0 N–H and O–H groups in total. The van der Waals surface area contributed by atoms with E-state index in [0.29, 0.717) is 19.6 Å². The number of carbonyl (C=O) groups excluding carboxylic acids is 2. The molecule has 0 spiro atoms. The summed E-state index contributed by atoms with van der Waals surface area (Å²) in [6, 6.07) is 10.0. The van der Waals surface area contributed by atoms with E-state index >= 15 is 0 Å². The van der Waals surface area contributed by atoms with Crippen molar-refractivity contribution in [1.82, 2.24) is 0 Å². The molecule has 200 valence electrons. The first-order chi connectivity index (χ1) is 18.0. The van der Waals surface area contributed by atoms with Crippen LogP contribution in [0.3, 0.4) is 0 Å². The maximum atomic E-state index is 11.7. The Bertz CT molecular complexity index is 993. The van der Waals surface area contributed by atoms with E-state index in [-0.39, 0.29) is 43.2 Å². The van der Waals surface area contributed by atoms with Gasteiger partial charge in [-0.05, 0) is 18.1 Å². The molecule has 9 nitrogen and oxygen atoms in total. The lowest BCUT2D eigenvalue weighted by Crippen LogP contribution is -2.64. The minimum atomic E-state index is -0.710. The van der Waals surface area contributed by atoms with Crippen molar-refractivity contribution in [3.63, 3.8) is 0 Å². The Balaban J connectivity index is 1.36. The summed E-state index contributed by atoms with van der Waals surface area (Å²) < 4.78 is 42.8. The van der Waals surface area contributed by atoms with Gasteiger partial charge in [-0.25, -0.2) is 0 Å². The van der Waals surface area contributed by atoms with Crippen LogP contribution in [0.1, 0.15) is 32.3 Å². The molecule has 1 aromatic rings.